The highest BCUT2D eigenvalue weighted by molar-refractivity contribution is 5.99. The number of carbonyl (C=O) groups excluding carboxylic acids is 1. The zero-order valence-electron chi connectivity index (χ0n) is 9.16. The Labute approximate surface area is 93.9 Å². The molecule has 0 radical (unpaired) electrons. The highest BCUT2D eigenvalue weighted by atomic mass is 16.3. The molecule has 4 heteroatoms. The Morgan fingerprint density at radius 1 is 1.38 bits per heavy atom. The zero-order valence-corrected chi connectivity index (χ0v) is 9.16. The van der Waals surface area contributed by atoms with Gasteiger partial charge in [0.2, 0.25) is 0 Å². The summed E-state index contributed by atoms with van der Waals surface area (Å²) in [7, 11) is 0. The lowest BCUT2D eigenvalue weighted by Crippen LogP contribution is -2.29. The maximum atomic E-state index is 11.7. The lowest BCUT2D eigenvalue weighted by atomic mass is 10.1. The first kappa shape index (κ1) is 10.8. The van der Waals surface area contributed by atoms with Gasteiger partial charge in [-0.2, -0.15) is 0 Å². The Kier molecular flexibility index (Phi) is 2.50. The Hall–Kier alpha value is -1.71. The van der Waals surface area contributed by atoms with Gasteiger partial charge in [-0.25, -0.2) is 0 Å². The van der Waals surface area contributed by atoms with Gasteiger partial charge in [0.15, 0.2) is 0 Å². The number of benzene rings is 1. The van der Waals surface area contributed by atoms with Gasteiger partial charge < -0.3 is 15.5 Å². The third-order valence-corrected chi connectivity index (χ3v) is 3.03. The zero-order chi connectivity index (χ0) is 11.8. The molecule has 1 fully saturated rings. The normalized spacial score (nSPS) is 16.8. The van der Waals surface area contributed by atoms with Crippen molar-refractivity contribution in [2.45, 2.75) is 19.8 Å². The van der Waals surface area contributed by atoms with Crippen LogP contribution in [0.25, 0.3) is 0 Å². The molecule has 1 aliphatic rings. The van der Waals surface area contributed by atoms with Crippen molar-refractivity contribution in [2.24, 2.45) is 5.41 Å². The maximum absolute atomic E-state index is 11.7. The predicted octanol–water partition coefficient (Wildman–Crippen LogP) is 1.63. The third kappa shape index (κ3) is 2.10. The van der Waals surface area contributed by atoms with E-state index in [2.05, 4.69) is 12.2 Å². The maximum Gasteiger partial charge on any atom is 0.258 e. The fraction of sp³-hybridized carbons (Fsp3) is 0.417. The number of aromatic hydroxyl groups is 2. The van der Waals surface area contributed by atoms with Crippen LogP contribution in [0.5, 0.6) is 11.5 Å². The quantitative estimate of drug-likeness (QED) is 0.726. The number of phenols is 2. The first-order valence-corrected chi connectivity index (χ1v) is 5.31. The topological polar surface area (TPSA) is 69.6 Å². The minimum atomic E-state index is -0.427. The average Bonchev–Trinajstić information content (AvgIpc) is 2.94. The number of amides is 1. The van der Waals surface area contributed by atoms with Crippen LogP contribution in [-0.2, 0) is 0 Å². The lowest BCUT2D eigenvalue weighted by molar-refractivity contribution is 0.0940. The second-order valence-corrected chi connectivity index (χ2v) is 4.66. The number of nitrogens with one attached hydrogen (secondary N) is 1. The van der Waals surface area contributed by atoms with Crippen molar-refractivity contribution >= 4 is 5.91 Å². The molecule has 0 aliphatic heterocycles. The Morgan fingerprint density at radius 2 is 1.94 bits per heavy atom. The summed E-state index contributed by atoms with van der Waals surface area (Å²) in [4.78, 5) is 11.7. The van der Waals surface area contributed by atoms with E-state index < -0.39 is 5.91 Å². The molecule has 2 rings (SSSR count). The van der Waals surface area contributed by atoms with E-state index in [0.717, 1.165) is 12.8 Å². The minimum Gasteiger partial charge on any atom is -0.507 e. The molecule has 0 spiro atoms. The van der Waals surface area contributed by atoms with Gasteiger partial charge in [-0.05, 0) is 30.4 Å². The molecule has 1 saturated carbocycles. The second-order valence-electron chi connectivity index (χ2n) is 4.66. The molecular formula is C12H15NO3. The van der Waals surface area contributed by atoms with E-state index in [-0.39, 0.29) is 22.5 Å². The van der Waals surface area contributed by atoms with Gasteiger partial charge in [0.05, 0.1) is 0 Å². The predicted molar refractivity (Wildman–Crippen MR) is 59.4 cm³/mol. The van der Waals surface area contributed by atoms with Crippen LogP contribution in [0.3, 0.4) is 0 Å². The van der Waals surface area contributed by atoms with Gasteiger partial charge in [0.25, 0.3) is 5.91 Å². The largest absolute Gasteiger partial charge is 0.507 e. The van der Waals surface area contributed by atoms with Crippen LogP contribution < -0.4 is 5.32 Å². The summed E-state index contributed by atoms with van der Waals surface area (Å²) in [6.45, 7) is 2.68. The van der Waals surface area contributed by atoms with Crippen molar-refractivity contribution < 1.29 is 15.0 Å². The summed E-state index contributed by atoms with van der Waals surface area (Å²) in [5, 5.41) is 21.7. The van der Waals surface area contributed by atoms with Gasteiger partial charge in [-0.15, -0.1) is 0 Å². The molecule has 0 heterocycles. The van der Waals surface area contributed by atoms with Gasteiger partial charge in [-0.3, -0.25) is 4.79 Å². The fourth-order valence-corrected chi connectivity index (χ4v) is 1.53. The summed E-state index contributed by atoms with van der Waals surface area (Å²) in [5.41, 5.74) is 0.155. The molecule has 0 atom stereocenters. The molecule has 0 aromatic heterocycles. The molecule has 16 heavy (non-hydrogen) atoms. The van der Waals surface area contributed by atoms with Crippen molar-refractivity contribution in [3.8, 4) is 11.5 Å². The summed E-state index contributed by atoms with van der Waals surface area (Å²) in [6.07, 6.45) is 2.22. The summed E-state index contributed by atoms with van der Waals surface area (Å²) in [5.74, 6) is -0.819. The summed E-state index contributed by atoms with van der Waals surface area (Å²) in [6, 6.07) is 4.25. The fourth-order valence-electron chi connectivity index (χ4n) is 1.53. The first-order chi connectivity index (χ1) is 7.52. The average molecular weight is 221 g/mol. The number of rotatable bonds is 3. The van der Waals surface area contributed by atoms with Crippen LogP contribution in [0.15, 0.2) is 18.2 Å². The smallest absolute Gasteiger partial charge is 0.258 e. The van der Waals surface area contributed by atoms with E-state index in [0.29, 0.717) is 6.54 Å². The van der Waals surface area contributed by atoms with Gasteiger partial charge in [0.1, 0.15) is 17.1 Å². The minimum absolute atomic E-state index is 0.0493. The van der Waals surface area contributed by atoms with Gasteiger partial charge in [-0.1, -0.05) is 13.0 Å². The molecule has 0 unspecified atom stereocenters. The number of hydrogen-bond acceptors (Lipinski definition) is 3. The van der Waals surface area contributed by atoms with Crippen molar-refractivity contribution in [1.82, 2.24) is 5.32 Å². The Balaban J connectivity index is 2.08. The highest BCUT2D eigenvalue weighted by Crippen LogP contribution is 2.44. The van der Waals surface area contributed by atoms with Crippen molar-refractivity contribution in [3.63, 3.8) is 0 Å². The third-order valence-electron chi connectivity index (χ3n) is 3.03. The van der Waals surface area contributed by atoms with E-state index in [4.69, 9.17) is 0 Å². The molecule has 0 bridgehead atoms. The molecule has 1 aromatic rings. The molecule has 4 nitrogen and oxygen atoms in total. The van der Waals surface area contributed by atoms with Crippen LogP contribution in [0.1, 0.15) is 30.1 Å². The van der Waals surface area contributed by atoms with Crippen molar-refractivity contribution in [2.75, 3.05) is 6.54 Å². The second kappa shape index (κ2) is 3.70. The molecule has 86 valence electrons. The van der Waals surface area contributed by atoms with E-state index >= 15 is 0 Å². The molecule has 1 aromatic carbocycles. The lowest BCUT2D eigenvalue weighted by Gasteiger charge is -2.11. The van der Waals surface area contributed by atoms with Crippen LogP contribution in [0, 0.1) is 5.41 Å². The van der Waals surface area contributed by atoms with Gasteiger partial charge in [0, 0.05) is 6.54 Å². The van der Waals surface area contributed by atoms with Crippen molar-refractivity contribution in [1.29, 1.82) is 0 Å². The van der Waals surface area contributed by atoms with Gasteiger partial charge >= 0.3 is 0 Å². The SMILES string of the molecule is CC1(CNC(=O)c2c(O)cccc2O)CC1. The van der Waals surface area contributed by atoms with E-state index in [1.54, 1.807) is 0 Å². The van der Waals surface area contributed by atoms with E-state index in [1.807, 2.05) is 0 Å². The number of hydrogen-bond donors (Lipinski definition) is 3. The molecule has 0 saturated heterocycles. The Morgan fingerprint density at radius 3 is 2.44 bits per heavy atom. The molecular weight excluding hydrogens is 206 g/mol. The van der Waals surface area contributed by atoms with Crippen LogP contribution >= 0.6 is 0 Å². The van der Waals surface area contributed by atoms with Crippen LogP contribution in [0.4, 0.5) is 0 Å². The first-order valence-electron chi connectivity index (χ1n) is 5.31. The van der Waals surface area contributed by atoms with E-state index in [9.17, 15) is 15.0 Å². The summed E-state index contributed by atoms with van der Waals surface area (Å²) >= 11 is 0. The molecule has 3 N–H and O–H groups in total. The Bertz CT molecular complexity index is 404. The summed E-state index contributed by atoms with van der Waals surface area (Å²) < 4.78 is 0. The van der Waals surface area contributed by atoms with Crippen molar-refractivity contribution in [3.05, 3.63) is 23.8 Å². The molecule has 1 aliphatic carbocycles. The van der Waals surface area contributed by atoms with Crippen LogP contribution in [-0.4, -0.2) is 22.7 Å². The number of carbonyl (C=O) groups is 1. The molecule has 1 amide bonds. The standard InChI is InChI=1S/C12H15NO3/c1-12(5-6-12)7-13-11(16)10-8(14)3-2-4-9(10)15/h2-4,14-15H,5-7H2,1H3,(H,13,16). The van der Waals surface area contributed by atoms with Crippen LogP contribution in [0.2, 0.25) is 0 Å². The number of phenolic OH excluding ortho intramolecular Hbond substituents is 2. The monoisotopic (exact) mass is 221 g/mol. The van der Waals surface area contributed by atoms with E-state index in [1.165, 1.54) is 18.2 Å². The highest BCUT2D eigenvalue weighted by Gasteiger charge is 2.37.